The molecule has 0 spiro atoms. The molecule has 1 amide bonds. The number of rotatable bonds is 4. The average Bonchev–Trinajstić information content (AvgIpc) is 2.82. The second-order valence-electron chi connectivity index (χ2n) is 4.45. The van der Waals surface area contributed by atoms with Gasteiger partial charge in [0.2, 0.25) is 0 Å². The molecule has 1 fully saturated rings. The molecule has 0 aliphatic carbocycles. The fourth-order valence-corrected chi connectivity index (χ4v) is 2.19. The van der Waals surface area contributed by atoms with Crippen molar-refractivity contribution in [1.29, 1.82) is 0 Å². The van der Waals surface area contributed by atoms with E-state index in [2.05, 4.69) is 27.2 Å². The lowest BCUT2D eigenvalue weighted by Crippen LogP contribution is -2.28. The Hall–Kier alpha value is -1.53. The summed E-state index contributed by atoms with van der Waals surface area (Å²) in [7, 11) is 2.05. The van der Waals surface area contributed by atoms with Crippen molar-refractivity contribution in [3.63, 3.8) is 0 Å². The minimum atomic E-state index is -0.293. The highest BCUT2D eigenvalue weighted by atomic mass is 16.3. The van der Waals surface area contributed by atoms with Gasteiger partial charge in [-0.05, 0) is 26.4 Å². The molecule has 0 bridgehead atoms. The summed E-state index contributed by atoms with van der Waals surface area (Å²) in [4.78, 5) is 22.4. The van der Waals surface area contributed by atoms with Crippen LogP contribution in [0.15, 0.2) is 12.4 Å². The maximum Gasteiger partial charge on any atom is 0.271 e. The molecule has 1 aromatic rings. The third kappa shape index (κ3) is 2.83. The minimum absolute atomic E-state index is 0.0791. The van der Waals surface area contributed by atoms with Crippen LogP contribution < -0.4 is 5.32 Å². The van der Waals surface area contributed by atoms with Crippen LogP contribution in [0.5, 0.6) is 0 Å². The number of nitrogens with one attached hydrogen (secondary N) is 1. The van der Waals surface area contributed by atoms with Crippen LogP contribution in [0.25, 0.3) is 0 Å². The van der Waals surface area contributed by atoms with Crippen LogP contribution in [-0.2, 0) is 0 Å². The molecular formula is C12H18N4O2. The highest BCUT2D eigenvalue weighted by Crippen LogP contribution is 2.28. The summed E-state index contributed by atoms with van der Waals surface area (Å²) in [5, 5.41) is 11.2. The normalized spacial score (nSPS) is 20.0. The summed E-state index contributed by atoms with van der Waals surface area (Å²) < 4.78 is 0. The Morgan fingerprint density at radius 3 is 3.11 bits per heavy atom. The SMILES string of the molecule is CN1CCCC1c1cncc(C(=O)NCCO)n1. The van der Waals surface area contributed by atoms with Gasteiger partial charge in [0.25, 0.3) is 5.91 Å². The van der Waals surface area contributed by atoms with Gasteiger partial charge >= 0.3 is 0 Å². The molecule has 98 valence electrons. The molecule has 1 saturated heterocycles. The zero-order valence-corrected chi connectivity index (χ0v) is 10.5. The zero-order valence-electron chi connectivity index (χ0n) is 10.5. The van der Waals surface area contributed by atoms with Crippen molar-refractivity contribution in [3.8, 4) is 0 Å². The molecule has 1 unspecified atom stereocenters. The lowest BCUT2D eigenvalue weighted by molar-refractivity contribution is 0.0938. The van der Waals surface area contributed by atoms with Crippen molar-refractivity contribution in [2.24, 2.45) is 0 Å². The molecule has 18 heavy (non-hydrogen) atoms. The summed E-state index contributed by atoms with van der Waals surface area (Å²) in [6.07, 6.45) is 5.36. The van der Waals surface area contributed by atoms with Gasteiger partial charge in [-0.2, -0.15) is 0 Å². The number of aliphatic hydroxyl groups excluding tert-OH is 1. The van der Waals surface area contributed by atoms with E-state index >= 15 is 0 Å². The number of carbonyl (C=O) groups is 1. The standard InChI is InChI=1S/C12H18N4O2/c1-16-5-2-3-11(16)9-7-13-8-10(15-9)12(18)14-4-6-17/h7-8,11,17H,2-6H2,1H3,(H,14,18). The van der Waals surface area contributed by atoms with Crippen molar-refractivity contribution >= 4 is 5.91 Å². The first-order chi connectivity index (χ1) is 8.72. The van der Waals surface area contributed by atoms with Gasteiger partial charge in [0.15, 0.2) is 0 Å². The van der Waals surface area contributed by atoms with Gasteiger partial charge < -0.3 is 10.4 Å². The quantitative estimate of drug-likeness (QED) is 0.784. The maximum absolute atomic E-state index is 11.7. The van der Waals surface area contributed by atoms with Crippen molar-refractivity contribution in [2.45, 2.75) is 18.9 Å². The number of nitrogens with zero attached hydrogens (tertiary/aromatic N) is 3. The van der Waals surface area contributed by atoms with Crippen LogP contribution in [0.1, 0.15) is 35.1 Å². The second-order valence-corrected chi connectivity index (χ2v) is 4.45. The molecule has 2 heterocycles. The van der Waals surface area contributed by atoms with Gasteiger partial charge in [0.1, 0.15) is 5.69 Å². The number of likely N-dealkylation sites (tertiary alicyclic amines) is 1. The Morgan fingerprint density at radius 1 is 1.61 bits per heavy atom. The average molecular weight is 250 g/mol. The molecule has 1 aliphatic heterocycles. The predicted molar refractivity (Wildman–Crippen MR) is 66.1 cm³/mol. The third-order valence-corrected chi connectivity index (χ3v) is 3.15. The first-order valence-corrected chi connectivity index (χ1v) is 6.13. The van der Waals surface area contributed by atoms with E-state index in [9.17, 15) is 4.79 Å². The third-order valence-electron chi connectivity index (χ3n) is 3.15. The molecule has 0 saturated carbocycles. The maximum atomic E-state index is 11.7. The lowest BCUT2D eigenvalue weighted by Gasteiger charge is -2.18. The Morgan fingerprint density at radius 2 is 2.44 bits per heavy atom. The van der Waals surface area contributed by atoms with E-state index in [4.69, 9.17) is 5.11 Å². The van der Waals surface area contributed by atoms with E-state index in [0.29, 0.717) is 5.69 Å². The molecular weight excluding hydrogens is 232 g/mol. The molecule has 6 heteroatoms. The van der Waals surface area contributed by atoms with Crippen LogP contribution in [0, 0.1) is 0 Å². The van der Waals surface area contributed by atoms with Crippen LogP contribution in [0.3, 0.4) is 0 Å². The summed E-state index contributed by atoms with van der Waals surface area (Å²) in [5.74, 6) is -0.293. The Bertz CT molecular complexity index is 424. The van der Waals surface area contributed by atoms with Gasteiger partial charge in [-0.15, -0.1) is 0 Å². The van der Waals surface area contributed by atoms with Gasteiger partial charge in [0, 0.05) is 6.54 Å². The van der Waals surface area contributed by atoms with Gasteiger partial charge in [-0.25, -0.2) is 4.98 Å². The van der Waals surface area contributed by atoms with E-state index < -0.39 is 0 Å². The Kier molecular flexibility index (Phi) is 4.22. The zero-order chi connectivity index (χ0) is 13.0. The highest BCUT2D eigenvalue weighted by Gasteiger charge is 2.24. The highest BCUT2D eigenvalue weighted by molar-refractivity contribution is 5.91. The van der Waals surface area contributed by atoms with Crippen molar-refractivity contribution in [2.75, 3.05) is 26.7 Å². The molecule has 1 aromatic heterocycles. The van der Waals surface area contributed by atoms with Crippen LogP contribution in [0.4, 0.5) is 0 Å². The van der Waals surface area contributed by atoms with E-state index in [-0.39, 0.29) is 25.1 Å². The van der Waals surface area contributed by atoms with Crippen LogP contribution >= 0.6 is 0 Å². The van der Waals surface area contributed by atoms with Crippen LogP contribution in [0.2, 0.25) is 0 Å². The van der Waals surface area contributed by atoms with Crippen molar-refractivity contribution in [3.05, 3.63) is 23.8 Å². The van der Waals surface area contributed by atoms with E-state index in [1.54, 1.807) is 6.20 Å². The van der Waals surface area contributed by atoms with Gasteiger partial charge in [-0.3, -0.25) is 14.7 Å². The van der Waals surface area contributed by atoms with Crippen molar-refractivity contribution in [1.82, 2.24) is 20.2 Å². The first kappa shape index (κ1) is 12.9. The van der Waals surface area contributed by atoms with E-state index in [0.717, 1.165) is 25.1 Å². The summed E-state index contributed by atoms with van der Waals surface area (Å²) in [6.45, 7) is 1.20. The Labute approximate surface area is 106 Å². The number of carbonyl (C=O) groups excluding carboxylic acids is 1. The number of aromatic nitrogens is 2. The number of hydrogen-bond donors (Lipinski definition) is 2. The topological polar surface area (TPSA) is 78.4 Å². The van der Waals surface area contributed by atoms with Crippen molar-refractivity contribution < 1.29 is 9.90 Å². The molecule has 1 aliphatic rings. The monoisotopic (exact) mass is 250 g/mol. The smallest absolute Gasteiger partial charge is 0.271 e. The summed E-state index contributed by atoms with van der Waals surface area (Å²) in [6, 6.07) is 0.253. The molecule has 2 rings (SSSR count). The van der Waals surface area contributed by atoms with E-state index in [1.165, 1.54) is 6.20 Å². The van der Waals surface area contributed by atoms with Gasteiger partial charge in [0.05, 0.1) is 30.7 Å². The number of amides is 1. The van der Waals surface area contributed by atoms with E-state index in [1.807, 2.05) is 0 Å². The predicted octanol–water partition coefficient (Wildman–Crippen LogP) is -0.0346. The summed E-state index contributed by atoms with van der Waals surface area (Å²) >= 11 is 0. The Balaban J connectivity index is 2.12. The fourth-order valence-electron chi connectivity index (χ4n) is 2.19. The molecule has 0 radical (unpaired) electrons. The molecule has 0 aromatic carbocycles. The second kappa shape index (κ2) is 5.88. The van der Waals surface area contributed by atoms with Gasteiger partial charge in [-0.1, -0.05) is 0 Å². The largest absolute Gasteiger partial charge is 0.395 e. The van der Waals surface area contributed by atoms with Crippen LogP contribution in [-0.4, -0.2) is 52.6 Å². The number of aliphatic hydroxyl groups is 1. The molecule has 2 N–H and O–H groups in total. The minimum Gasteiger partial charge on any atom is -0.395 e. The summed E-state index contributed by atoms with van der Waals surface area (Å²) in [5.41, 5.74) is 1.15. The molecule has 1 atom stereocenters. The fraction of sp³-hybridized carbons (Fsp3) is 0.583. The lowest BCUT2D eigenvalue weighted by atomic mass is 10.1. The number of hydrogen-bond acceptors (Lipinski definition) is 5. The molecule has 6 nitrogen and oxygen atoms in total. The first-order valence-electron chi connectivity index (χ1n) is 6.13.